The lowest BCUT2D eigenvalue weighted by atomic mass is 10.3. The molecule has 174 valence electrons. The zero-order chi connectivity index (χ0) is 23.2. The van der Waals surface area contributed by atoms with Crippen LogP contribution in [0.1, 0.15) is 25.7 Å². The Morgan fingerprint density at radius 2 is 1.30 bits per heavy atom. The average molecular weight is 504 g/mol. The molecular weight excluding hydrogens is 484 g/mol. The average Bonchev–Trinajstić information content (AvgIpc) is 3.05. The molecule has 30 heavy (non-hydrogen) atoms. The fourth-order valence-electron chi connectivity index (χ4n) is 3.02. The van der Waals surface area contributed by atoms with E-state index in [2.05, 4.69) is 0 Å². The molecule has 0 bridgehead atoms. The normalized spacial score (nSPS) is 18.0. The smallest absolute Gasteiger partial charge is 0.489 e. The summed E-state index contributed by atoms with van der Waals surface area (Å²) in [6.45, 7) is 0. The Labute approximate surface area is 171 Å². The molecule has 0 unspecified atom stereocenters. The van der Waals surface area contributed by atoms with Gasteiger partial charge in [-0.3, -0.25) is 0 Å². The highest BCUT2D eigenvalue weighted by atomic mass is 32.4. The monoisotopic (exact) mass is 503 g/mol. The van der Waals surface area contributed by atoms with E-state index in [0.717, 1.165) is 31.4 Å². The predicted octanol–water partition coefficient (Wildman–Crippen LogP) is 4.35. The van der Waals surface area contributed by atoms with Gasteiger partial charge in [-0.1, -0.05) is 12.1 Å². The Kier molecular flexibility index (Phi) is 6.73. The lowest BCUT2D eigenvalue weighted by molar-refractivity contribution is -0.0505. The zero-order valence-electron chi connectivity index (χ0n) is 15.7. The van der Waals surface area contributed by atoms with Gasteiger partial charge in [0.15, 0.2) is 0 Å². The molecule has 0 aliphatic heterocycles. The second kappa shape index (κ2) is 8.06. The van der Waals surface area contributed by atoms with Gasteiger partial charge in [0, 0.05) is 4.90 Å². The van der Waals surface area contributed by atoms with Crippen LogP contribution in [0.3, 0.4) is 0 Å². The molecule has 6 nitrogen and oxygen atoms in total. The first kappa shape index (κ1) is 25.1. The van der Waals surface area contributed by atoms with E-state index in [9.17, 15) is 43.2 Å². The summed E-state index contributed by atoms with van der Waals surface area (Å²) in [5.41, 5.74) is -12.6. The second-order valence-corrected chi connectivity index (χ2v) is 14.4. The third-order valence-electron chi connectivity index (χ3n) is 4.33. The topological polar surface area (TPSA) is 80.8 Å². The molecular formula is C15H19F6NO5S3. The van der Waals surface area contributed by atoms with E-state index in [1.807, 2.05) is 0 Å². The quantitative estimate of drug-likeness (QED) is 0.540. The highest BCUT2D eigenvalue weighted by Gasteiger charge is 2.65. The second-order valence-electron chi connectivity index (χ2n) is 6.81. The number of rotatable bonds is 6. The van der Waals surface area contributed by atoms with Crippen LogP contribution in [-0.2, 0) is 20.0 Å². The minimum atomic E-state index is -6.92. The summed E-state index contributed by atoms with van der Waals surface area (Å²) < 4.78 is 132. The summed E-state index contributed by atoms with van der Waals surface area (Å²) in [5.74, 6) is -0.163. The minimum absolute atomic E-state index is 0.163. The summed E-state index contributed by atoms with van der Waals surface area (Å²) in [4.78, 5) is -0.377. The van der Waals surface area contributed by atoms with Crippen molar-refractivity contribution in [1.82, 2.24) is 3.12 Å². The van der Waals surface area contributed by atoms with Crippen molar-refractivity contribution < 1.29 is 47.9 Å². The van der Waals surface area contributed by atoms with Crippen molar-refractivity contribution >= 4 is 30.3 Å². The van der Waals surface area contributed by atoms with Crippen LogP contribution in [0.15, 0.2) is 29.2 Å². The Hall–Kier alpha value is -1.19. The van der Waals surface area contributed by atoms with Crippen molar-refractivity contribution in [3.05, 3.63) is 24.3 Å². The van der Waals surface area contributed by atoms with E-state index >= 15 is 0 Å². The van der Waals surface area contributed by atoms with Gasteiger partial charge < -0.3 is 4.74 Å². The lowest BCUT2D eigenvalue weighted by Crippen LogP contribution is -2.49. The molecule has 1 saturated carbocycles. The molecule has 2 rings (SSSR count). The number of alkyl halides is 6. The first-order chi connectivity index (χ1) is 13.4. The number of para-hydroxylation sites is 1. The molecule has 0 atom stereocenters. The highest BCUT2D eigenvalue weighted by Crippen LogP contribution is 2.61. The molecule has 1 aliphatic rings. The fraction of sp³-hybridized carbons (Fsp3) is 0.600. The van der Waals surface area contributed by atoms with Crippen LogP contribution in [0.2, 0.25) is 0 Å². The van der Waals surface area contributed by atoms with Crippen LogP contribution in [0, 0.1) is 0 Å². The highest BCUT2D eigenvalue weighted by molar-refractivity contribution is 8.40. The first-order valence-corrected chi connectivity index (χ1v) is 13.6. The maximum atomic E-state index is 13.2. The summed E-state index contributed by atoms with van der Waals surface area (Å²) in [6.07, 6.45) is 3.87. The van der Waals surface area contributed by atoms with Crippen molar-refractivity contribution in [2.45, 2.75) is 47.7 Å². The Morgan fingerprint density at radius 1 is 0.867 bits per heavy atom. The molecule has 1 aromatic carbocycles. The number of halogens is 6. The third kappa shape index (κ3) is 4.53. The summed E-state index contributed by atoms with van der Waals surface area (Å²) in [7, 11) is -17.8. The molecule has 0 heterocycles. The maximum absolute atomic E-state index is 13.2. The van der Waals surface area contributed by atoms with E-state index in [4.69, 9.17) is 4.74 Å². The molecule has 15 heteroatoms. The van der Waals surface area contributed by atoms with Crippen molar-refractivity contribution in [3.63, 3.8) is 0 Å². The van der Waals surface area contributed by atoms with Crippen LogP contribution >= 0.6 is 10.2 Å². The molecule has 0 radical (unpaired) electrons. The van der Waals surface area contributed by atoms with Crippen molar-refractivity contribution in [3.8, 4) is 5.75 Å². The summed E-state index contributed by atoms with van der Waals surface area (Å²) in [5, 5.41) is 0. The Bertz CT molecular complexity index is 939. The van der Waals surface area contributed by atoms with Crippen LogP contribution < -0.4 is 4.74 Å². The van der Waals surface area contributed by atoms with Gasteiger partial charge in [-0.15, -0.1) is 10.2 Å². The lowest BCUT2D eigenvalue weighted by Gasteiger charge is -2.41. The van der Waals surface area contributed by atoms with Gasteiger partial charge in [0.05, 0.1) is 6.10 Å². The van der Waals surface area contributed by atoms with E-state index < -0.39 is 44.4 Å². The number of hydrogen-bond donors (Lipinski definition) is 0. The molecule has 1 aromatic rings. The fourth-order valence-corrected chi connectivity index (χ4v) is 11.0. The molecule has 1 fully saturated rings. The van der Waals surface area contributed by atoms with Gasteiger partial charge in [-0.05, 0) is 53.4 Å². The van der Waals surface area contributed by atoms with Crippen LogP contribution in [0.25, 0.3) is 0 Å². The standard InChI is InChI=1S/C15H19F6NO5S3/c1-28(2,13-10-6-5-9-12(13)27-11-7-3-4-8-11)22(29(23,24)14(16,17)18)30(25,26)15(19,20)21/h5-6,9-11H,3-4,7-8H2,1-2H3. The maximum Gasteiger partial charge on any atom is 0.513 e. The first-order valence-electron chi connectivity index (χ1n) is 8.36. The molecule has 0 N–H and O–H groups in total. The van der Waals surface area contributed by atoms with Crippen LogP contribution in [-0.4, -0.2) is 49.6 Å². The number of benzene rings is 1. The van der Waals surface area contributed by atoms with E-state index in [1.165, 1.54) is 18.2 Å². The molecule has 0 aromatic heterocycles. The number of ether oxygens (including phenoxy) is 1. The minimum Gasteiger partial charge on any atom is -0.489 e. The summed E-state index contributed by atoms with van der Waals surface area (Å²) >= 11 is 0. The van der Waals surface area contributed by atoms with Crippen LogP contribution in [0.4, 0.5) is 26.3 Å². The Balaban J connectivity index is 2.73. The third-order valence-corrected chi connectivity index (χ3v) is 13.0. The molecule has 0 spiro atoms. The van der Waals surface area contributed by atoms with Crippen LogP contribution in [0.5, 0.6) is 5.75 Å². The van der Waals surface area contributed by atoms with E-state index in [1.54, 1.807) is 0 Å². The van der Waals surface area contributed by atoms with Gasteiger partial charge in [0.2, 0.25) is 0 Å². The van der Waals surface area contributed by atoms with Crippen molar-refractivity contribution in [1.29, 1.82) is 0 Å². The van der Waals surface area contributed by atoms with Gasteiger partial charge in [-0.25, -0.2) is 16.8 Å². The van der Waals surface area contributed by atoms with E-state index in [-0.39, 0.29) is 16.7 Å². The van der Waals surface area contributed by atoms with Gasteiger partial charge >= 0.3 is 31.1 Å². The van der Waals surface area contributed by atoms with Gasteiger partial charge in [0.25, 0.3) is 0 Å². The van der Waals surface area contributed by atoms with Gasteiger partial charge in [-0.2, -0.15) is 26.3 Å². The van der Waals surface area contributed by atoms with Gasteiger partial charge in [0.1, 0.15) is 5.75 Å². The SMILES string of the molecule is CS(C)(c1ccccc1OC1CCCC1)N(S(=O)(=O)C(F)(F)F)S(=O)(=O)C(F)(F)F. The number of nitrogens with zero attached hydrogens (tertiary/aromatic N) is 1. The zero-order valence-corrected chi connectivity index (χ0v) is 18.1. The molecule has 1 aliphatic carbocycles. The molecule has 0 saturated heterocycles. The largest absolute Gasteiger partial charge is 0.513 e. The van der Waals surface area contributed by atoms with Crippen molar-refractivity contribution in [2.24, 2.45) is 0 Å². The summed E-state index contributed by atoms with van der Waals surface area (Å²) in [6, 6.07) is 4.94. The predicted molar refractivity (Wildman–Crippen MR) is 98.8 cm³/mol. The Morgan fingerprint density at radius 3 is 1.73 bits per heavy atom. The number of hydrogen-bond acceptors (Lipinski definition) is 5. The van der Waals surface area contributed by atoms with Crippen molar-refractivity contribution in [2.75, 3.05) is 12.5 Å². The van der Waals surface area contributed by atoms with E-state index in [0.29, 0.717) is 12.8 Å². The molecule has 0 amide bonds. The number of sulfonamides is 2.